The van der Waals surface area contributed by atoms with E-state index in [2.05, 4.69) is 26.1 Å². The molecule has 0 saturated heterocycles. The maximum atomic E-state index is 11.4. The molecule has 4 N–H and O–H groups in total. The summed E-state index contributed by atoms with van der Waals surface area (Å²) in [7, 11) is 0. The quantitative estimate of drug-likeness (QED) is 0.301. The Morgan fingerprint density at radius 1 is 1.26 bits per heavy atom. The molecule has 0 aliphatic carbocycles. The largest absolute Gasteiger partial charge is 0.490 e. The van der Waals surface area contributed by atoms with Crippen LogP contribution in [0, 0.1) is 0 Å². The highest BCUT2D eigenvalue weighted by atomic mass is 79.9. The van der Waals surface area contributed by atoms with Crippen molar-refractivity contribution >= 4 is 34.1 Å². The summed E-state index contributed by atoms with van der Waals surface area (Å²) in [6, 6.07) is 3.43. The molecule has 0 saturated carbocycles. The molecule has 0 aliphatic rings. The summed E-state index contributed by atoms with van der Waals surface area (Å²) in [6.07, 6.45) is 1.46. The number of esters is 1. The highest BCUT2D eigenvalue weighted by molar-refractivity contribution is 9.10. The number of hydrogen-bond acceptors (Lipinski definition) is 6. The topological polar surface area (TPSA) is 122 Å². The Morgan fingerprint density at radius 3 is 2.61 bits per heavy atom. The van der Waals surface area contributed by atoms with Crippen LogP contribution in [0.2, 0.25) is 0 Å². The Bertz CT molecular complexity index is 601. The van der Waals surface area contributed by atoms with Gasteiger partial charge in [0.05, 0.1) is 23.9 Å². The van der Waals surface area contributed by atoms with Gasteiger partial charge >= 0.3 is 5.97 Å². The Morgan fingerprint density at radius 2 is 2.00 bits per heavy atom. The van der Waals surface area contributed by atoms with Crippen molar-refractivity contribution in [1.82, 2.24) is 0 Å². The van der Waals surface area contributed by atoms with Crippen LogP contribution in [0.15, 0.2) is 26.8 Å². The number of halogens is 1. The zero-order valence-electron chi connectivity index (χ0n) is 12.9. The molecule has 126 valence electrons. The Labute approximate surface area is 142 Å². The molecule has 0 heterocycles. The second-order valence-corrected chi connectivity index (χ2v) is 4.98. The normalized spacial score (nSPS) is 10.4. The third kappa shape index (κ3) is 6.55. The van der Waals surface area contributed by atoms with Gasteiger partial charge in [-0.3, -0.25) is 0 Å². The highest BCUT2D eigenvalue weighted by Gasteiger charge is 2.14. The van der Waals surface area contributed by atoms with Gasteiger partial charge in [0.2, 0.25) is 5.96 Å². The van der Waals surface area contributed by atoms with Crippen LogP contribution in [0.4, 0.5) is 0 Å². The second-order valence-electron chi connectivity index (χ2n) is 4.13. The molecule has 0 aromatic heterocycles. The molecule has 0 radical (unpaired) electrons. The fourth-order valence-corrected chi connectivity index (χ4v) is 2.14. The van der Waals surface area contributed by atoms with Crippen LogP contribution in [0.5, 0.6) is 11.5 Å². The van der Waals surface area contributed by atoms with E-state index < -0.39 is 5.97 Å². The summed E-state index contributed by atoms with van der Waals surface area (Å²) >= 11 is 3.37. The van der Waals surface area contributed by atoms with E-state index in [4.69, 9.17) is 25.7 Å². The third-order valence-electron chi connectivity index (χ3n) is 2.35. The van der Waals surface area contributed by atoms with Gasteiger partial charge in [0.1, 0.15) is 0 Å². The van der Waals surface area contributed by atoms with Gasteiger partial charge in [-0.15, -0.1) is 5.10 Å². The summed E-state index contributed by atoms with van der Waals surface area (Å²) in [5.41, 5.74) is 11.1. The highest BCUT2D eigenvalue weighted by Crippen LogP contribution is 2.36. The average Bonchev–Trinajstić information content (AvgIpc) is 2.46. The molecule has 8 nitrogen and oxygen atoms in total. The molecule has 0 spiro atoms. The number of carbonyl (C=O) groups is 1. The van der Waals surface area contributed by atoms with Crippen LogP contribution in [0.3, 0.4) is 0 Å². The first kappa shape index (κ1) is 18.8. The Hall–Kier alpha value is -2.29. The van der Waals surface area contributed by atoms with Crippen LogP contribution in [0.1, 0.15) is 19.4 Å². The zero-order chi connectivity index (χ0) is 17.2. The molecular formula is C14H19BrN4O4. The second kappa shape index (κ2) is 9.67. The first-order valence-corrected chi connectivity index (χ1v) is 7.63. The van der Waals surface area contributed by atoms with Gasteiger partial charge in [-0.05, 0) is 47.5 Å². The van der Waals surface area contributed by atoms with E-state index in [1.165, 1.54) is 6.21 Å². The van der Waals surface area contributed by atoms with E-state index in [9.17, 15) is 4.79 Å². The first-order valence-electron chi connectivity index (χ1n) is 6.84. The van der Waals surface area contributed by atoms with Crippen LogP contribution in [0.25, 0.3) is 0 Å². The van der Waals surface area contributed by atoms with E-state index in [1.807, 2.05) is 6.92 Å². The van der Waals surface area contributed by atoms with Crippen LogP contribution >= 0.6 is 15.9 Å². The number of nitrogens with zero attached hydrogens (tertiary/aromatic N) is 2. The molecule has 1 rings (SSSR count). The molecule has 0 aliphatic heterocycles. The number of rotatable bonds is 8. The lowest BCUT2D eigenvalue weighted by Crippen LogP contribution is -2.21. The molecule has 9 heteroatoms. The fourth-order valence-electron chi connectivity index (χ4n) is 1.56. The monoisotopic (exact) mass is 386 g/mol. The summed E-state index contributed by atoms with van der Waals surface area (Å²) in [5.74, 6) is 0.260. The van der Waals surface area contributed by atoms with E-state index in [0.717, 1.165) is 0 Å². The van der Waals surface area contributed by atoms with E-state index in [0.29, 0.717) is 34.7 Å². The van der Waals surface area contributed by atoms with Gasteiger partial charge in [0.15, 0.2) is 18.1 Å². The lowest BCUT2D eigenvalue weighted by atomic mass is 10.2. The smallest absolute Gasteiger partial charge is 0.344 e. The number of benzene rings is 1. The number of guanidine groups is 1. The molecular weight excluding hydrogens is 368 g/mol. The maximum Gasteiger partial charge on any atom is 0.344 e. The number of ether oxygens (including phenoxy) is 3. The van der Waals surface area contributed by atoms with Crippen molar-refractivity contribution in [3.63, 3.8) is 0 Å². The predicted octanol–water partition coefficient (Wildman–Crippen LogP) is 1.40. The van der Waals surface area contributed by atoms with Crippen LogP contribution < -0.4 is 20.9 Å². The van der Waals surface area contributed by atoms with Crippen molar-refractivity contribution in [1.29, 1.82) is 0 Å². The Kier molecular flexibility index (Phi) is 7.89. The van der Waals surface area contributed by atoms with Crippen molar-refractivity contribution in [2.24, 2.45) is 21.7 Å². The maximum absolute atomic E-state index is 11.4. The minimum atomic E-state index is -0.458. The lowest BCUT2D eigenvalue weighted by Gasteiger charge is -2.14. The molecule has 0 unspecified atom stereocenters. The summed E-state index contributed by atoms with van der Waals surface area (Å²) < 4.78 is 16.4. The van der Waals surface area contributed by atoms with Crippen LogP contribution in [-0.4, -0.2) is 38.0 Å². The van der Waals surface area contributed by atoms with Crippen molar-refractivity contribution in [3.8, 4) is 11.5 Å². The molecule has 1 aromatic carbocycles. The van der Waals surface area contributed by atoms with Gasteiger partial charge < -0.3 is 25.7 Å². The predicted molar refractivity (Wildman–Crippen MR) is 90.8 cm³/mol. The fraction of sp³-hybridized carbons (Fsp3) is 0.357. The van der Waals surface area contributed by atoms with E-state index in [-0.39, 0.29) is 12.6 Å². The number of nitrogens with two attached hydrogens (primary N) is 2. The third-order valence-corrected chi connectivity index (χ3v) is 2.94. The minimum absolute atomic E-state index is 0.139. The van der Waals surface area contributed by atoms with Gasteiger partial charge in [-0.2, -0.15) is 5.10 Å². The standard InChI is InChI=1S/C14H19BrN4O4/c1-3-21-11-6-9(7-18-19-14(16)17)5-10(15)13(11)23-8-12(20)22-4-2/h5-7H,3-4,8H2,1-2H3,(H4,16,17,19). The van der Waals surface area contributed by atoms with Crippen molar-refractivity contribution in [3.05, 3.63) is 22.2 Å². The average molecular weight is 387 g/mol. The van der Waals surface area contributed by atoms with E-state index in [1.54, 1.807) is 19.1 Å². The first-order chi connectivity index (χ1) is 11.0. The molecule has 0 bridgehead atoms. The van der Waals surface area contributed by atoms with Crippen LogP contribution in [-0.2, 0) is 9.53 Å². The van der Waals surface area contributed by atoms with E-state index >= 15 is 0 Å². The molecule has 0 atom stereocenters. The summed E-state index contributed by atoms with van der Waals surface area (Å²) in [5, 5.41) is 7.25. The Balaban J connectivity index is 2.99. The lowest BCUT2D eigenvalue weighted by molar-refractivity contribution is -0.145. The van der Waals surface area contributed by atoms with Gasteiger partial charge in [-0.25, -0.2) is 4.79 Å². The van der Waals surface area contributed by atoms with Crippen molar-refractivity contribution < 1.29 is 19.0 Å². The minimum Gasteiger partial charge on any atom is -0.490 e. The van der Waals surface area contributed by atoms with Crippen molar-refractivity contribution in [2.45, 2.75) is 13.8 Å². The van der Waals surface area contributed by atoms with Gasteiger partial charge in [-0.1, -0.05) is 0 Å². The zero-order valence-corrected chi connectivity index (χ0v) is 14.5. The van der Waals surface area contributed by atoms with Gasteiger partial charge in [0.25, 0.3) is 0 Å². The molecule has 1 aromatic rings. The SMILES string of the molecule is CCOC(=O)COc1c(Br)cc(C=NN=C(N)N)cc1OCC. The molecule has 0 amide bonds. The molecule has 0 fully saturated rings. The van der Waals surface area contributed by atoms with Crippen molar-refractivity contribution in [2.75, 3.05) is 19.8 Å². The van der Waals surface area contributed by atoms with Gasteiger partial charge in [0, 0.05) is 0 Å². The molecule has 23 heavy (non-hydrogen) atoms. The number of carbonyl (C=O) groups excluding carboxylic acids is 1. The summed E-state index contributed by atoms with van der Waals surface area (Å²) in [6.45, 7) is 4.07. The summed E-state index contributed by atoms with van der Waals surface area (Å²) in [4.78, 5) is 11.4. The number of hydrogen-bond donors (Lipinski definition) is 2.